The van der Waals surface area contributed by atoms with Crippen LogP contribution in [0.3, 0.4) is 0 Å². The second kappa shape index (κ2) is 6.45. The molecule has 0 unspecified atom stereocenters. The van der Waals surface area contributed by atoms with Crippen molar-refractivity contribution in [1.29, 1.82) is 0 Å². The Morgan fingerprint density at radius 3 is 2.42 bits per heavy atom. The lowest BCUT2D eigenvalue weighted by atomic mass is 10.2. The average Bonchev–Trinajstić information content (AvgIpc) is 2.40. The fraction of sp³-hybridized carbons (Fsp3) is 0.0714. The Bertz CT molecular complexity index is 582. The van der Waals surface area contributed by atoms with Crippen LogP contribution in [0.4, 0.5) is 0 Å². The first-order chi connectivity index (χ1) is 9.19. The molecule has 2 rings (SSSR count). The highest BCUT2D eigenvalue weighted by Crippen LogP contribution is 2.22. The van der Waals surface area contributed by atoms with Crippen molar-refractivity contribution in [3.63, 3.8) is 0 Å². The van der Waals surface area contributed by atoms with E-state index in [1.807, 2.05) is 24.3 Å². The highest BCUT2D eigenvalue weighted by atomic mass is 35.5. The molecule has 0 radical (unpaired) electrons. The summed E-state index contributed by atoms with van der Waals surface area (Å²) in [6.07, 6.45) is 1.50. The minimum atomic E-state index is 0.435. The van der Waals surface area contributed by atoms with Crippen LogP contribution < -0.4 is 10.6 Å². The highest BCUT2D eigenvalue weighted by Gasteiger charge is 2.03. The number of halogens is 2. The van der Waals surface area contributed by atoms with Crippen molar-refractivity contribution in [3.8, 4) is 5.75 Å². The van der Waals surface area contributed by atoms with Crippen molar-refractivity contribution in [1.82, 2.24) is 0 Å². The number of hydrogen-bond acceptors (Lipinski definition) is 3. The molecule has 0 heterocycles. The van der Waals surface area contributed by atoms with Crippen molar-refractivity contribution in [2.45, 2.75) is 6.61 Å². The van der Waals surface area contributed by atoms with Crippen LogP contribution in [0.5, 0.6) is 5.75 Å². The van der Waals surface area contributed by atoms with Crippen molar-refractivity contribution in [2.24, 2.45) is 10.9 Å². The van der Waals surface area contributed by atoms with Crippen LogP contribution in [0.1, 0.15) is 11.1 Å². The molecule has 5 heteroatoms. The van der Waals surface area contributed by atoms with Gasteiger partial charge in [-0.25, -0.2) is 0 Å². The quantitative estimate of drug-likeness (QED) is 0.529. The largest absolute Gasteiger partial charge is 0.488 e. The van der Waals surface area contributed by atoms with E-state index in [-0.39, 0.29) is 0 Å². The molecule has 0 spiro atoms. The molecule has 0 saturated heterocycles. The molecule has 0 aliphatic rings. The number of nitrogens with two attached hydrogens (primary N) is 1. The van der Waals surface area contributed by atoms with E-state index in [1.165, 1.54) is 6.21 Å². The Labute approximate surface area is 121 Å². The SMILES string of the molecule is NN=Cc1cc(Cl)ccc1OCc1ccc(Cl)cc1. The monoisotopic (exact) mass is 294 g/mol. The molecule has 0 atom stereocenters. The van der Waals surface area contributed by atoms with E-state index in [1.54, 1.807) is 18.2 Å². The van der Waals surface area contributed by atoms with E-state index in [0.29, 0.717) is 22.4 Å². The smallest absolute Gasteiger partial charge is 0.128 e. The fourth-order valence-corrected chi connectivity index (χ4v) is 1.88. The highest BCUT2D eigenvalue weighted by molar-refractivity contribution is 6.31. The van der Waals surface area contributed by atoms with Crippen molar-refractivity contribution in [3.05, 3.63) is 63.6 Å². The van der Waals surface area contributed by atoms with E-state index in [0.717, 1.165) is 11.1 Å². The molecule has 98 valence electrons. The van der Waals surface area contributed by atoms with Gasteiger partial charge in [0, 0.05) is 15.6 Å². The number of hydrazone groups is 1. The molecule has 0 bridgehead atoms. The molecule has 19 heavy (non-hydrogen) atoms. The number of nitrogens with zero attached hydrogens (tertiary/aromatic N) is 1. The summed E-state index contributed by atoms with van der Waals surface area (Å²) in [6, 6.07) is 12.8. The molecule has 3 nitrogen and oxygen atoms in total. The maximum absolute atomic E-state index is 5.91. The van der Waals surface area contributed by atoms with Gasteiger partial charge < -0.3 is 10.6 Å². The first kappa shape index (κ1) is 13.7. The van der Waals surface area contributed by atoms with Gasteiger partial charge in [-0.3, -0.25) is 0 Å². The molecule has 2 aromatic carbocycles. The summed E-state index contributed by atoms with van der Waals surface area (Å²) < 4.78 is 5.72. The Kier molecular flexibility index (Phi) is 4.66. The van der Waals surface area contributed by atoms with Gasteiger partial charge in [0.15, 0.2) is 0 Å². The van der Waals surface area contributed by atoms with Gasteiger partial charge in [-0.2, -0.15) is 5.10 Å². The van der Waals surface area contributed by atoms with Crippen LogP contribution in [0.15, 0.2) is 47.6 Å². The van der Waals surface area contributed by atoms with Gasteiger partial charge in [-0.1, -0.05) is 35.3 Å². The van der Waals surface area contributed by atoms with Gasteiger partial charge >= 0.3 is 0 Å². The van der Waals surface area contributed by atoms with Crippen LogP contribution in [-0.2, 0) is 6.61 Å². The van der Waals surface area contributed by atoms with Crippen LogP contribution >= 0.6 is 23.2 Å². The van der Waals surface area contributed by atoms with Crippen LogP contribution in [0.2, 0.25) is 10.0 Å². The first-order valence-corrected chi connectivity index (χ1v) is 6.34. The standard InChI is InChI=1S/C14H12Cl2N2O/c15-12-3-1-10(2-4-12)9-19-14-6-5-13(16)7-11(14)8-18-17/h1-8H,9,17H2. The van der Waals surface area contributed by atoms with Gasteiger partial charge in [-0.15, -0.1) is 0 Å². The lowest BCUT2D eigenvalue weighted by Gasteiger charge is -2.09. The molecule has 0 aromatic heterocycles. The summed E-state index contributed by atoms with van der Waals surface area (Å²) in [5.74, 6) is 5.83. The number of hydrogen-bond donors (Lipinski definition) is 1. The third kappa shape index (κ3) is 3.88. The van der Waals surface area contributed by atoms with Crippen LogP contribution in [0, 0.1) is 0 Å². The summed E-state index contributed by atoms with van der Waals surface area (Å²) in [5, 5.41) is 4.80. The maximum Gasteiger partial charge on any atom is 0.128 e. The molecule has 2 N–H and O–H groups in total. The summed E-state index contributed by atoms with van der Waals surface area (Å²) in [7, 11) is 0. The first-order valence-electron chi connectivity index (χ1n) is 5.59. The lowest BCUT2D eigenvalue weighted by Crippen LogP contribution is -1.99. The van der Waals surface area contributed by atoms with E-state index < -0.39 is 0 Å². The Balaban J connectivity index is 2.12. The van der Waals surface area contributed by atoms with E-state index in [4.69, 9.17) is 33.8 Å². The number of ether oxygens (including phenoxy) is 1. The summed E-state index contributed by atoms with van der Waals surface area (Å²) in [5.41, 5.74) is 1.76. The Hall–Kier alpha value is -1.71. The minimum absolute atomic E-state index is 0.435. The van der Waals surface area contributed by atoms with Crippen LogP contribution in [0.25, 0.3) is 0 Å². The van der Waals surface area contributed by atoms with Gasteiger partial charge in [0.2, 0.25) is 0 Å². The predicted octanol–water partition coefficient (Wildman–Crippen LogP) is 3.87. The molecular formula is C14H12Cl2N2O. The molecule has 0 aliphatic heterocycles. The summed E-state index contributed by atoms with van der Waals surface area (Å²) in [4.78, 5) is 0. The maximum atomic E-state index is 5.91. The molecule has 0 fully saturated rings. The average molecular weight is 295 g/mol. The van der Waals surface area contributed by atoms with Gasteiger partial charge in [0.1, 0.15) is 12.4 Å². The van der Waals surface area contributed by atoms with Gasteiger partial charge in [0.25, 0.3) is 0 Å². The second-order valence-electron chi connectivity index (χ2n) is 3.88. The normalized spacial score (nSPS) is 10.8. The molecule has 0 amide bonds. The molecule has 0 aliphatic carbocycles. The fourth-order valence-electron chi connectivity index (χ4n) is 1.57. The third-order valence-corrected chi connectivity index (χ3v) is 2.98. The summed E-state index contributed by atoms with van der Waals surface area (Å²) >= 11 is 11.7. The van der Waals surface area contributed by atoms with Crippen molar-refractivity contribution < 1.29 is 4.74 Å². The summed E-state index contributed by atoms with van der Waals surface area (Å²) in [6.45, 7) is 0.435. The zero-order chi connectivity index (χ0) is 13.7. The third-order valence-electron chi connectivity index (χ3n) is 2.49. The van der Waals surface area contributed by atoms with Crippen LogP contribution in [-0.4, -0.2) is 6.21 Å². The molecule has 0 saturated carbocycles. The predicted molar refractivity (Wildman–Crippen MR) is 79.0 cm³/mol. The zero-order valence-corrected chi connectivity index (χ0v) is 11.5. The lowest BCUT2D eigenvalue weighted by molar-refractivity contribution is 0.306. The molecule has 2 aromatic rings. The number of rotatable bonds is 4. The van der Waals surface area contributed by atoms with Crippen molar-refractivity contribution >= 4 is 29.4 Å². The minimum Gasteiger partial charge on any atom is -0.488 e. The second-order valence-corrected chi connectivity index (χ2v) is 4.75. The molecular weight excluding hydrogens is 283 g/mol. The van der Waals surface area contributed by atoms with Gasteiger partial charge in [-0.05, 0) is 35.9 Å². The van der Waals surface area contributed by atoms with E-state index in [2.05, 4.69) is 5.10 Å². The Morgan fingerprint density at radius 1 is 1.05 bits per heavy atom. The van der Waals surface area contributed by atoms with Gasteiger partial charge in [0.05, 0.1) is 6.21 Å². The van der Waals surface area contributed by atoms with E-state index >= 15 is 0 Å². The topological polar surface area (TPSA) is 47.6 Å². The number of benzene rings is 2. The van der Waals surface area contributed by atoms with Crippen molar-refractivity contribution in [2.75, 3.05) is 0 Å². The Morgan fingerprint density at radius 2 is 1.74 bits per heavy atom. The van der Waals surface area contributed by atoms with E-state index in [9.17, 15) is 0 Å². The zero-order valence-electron chi connectivity index (χ0n) is 10.0.